The van der Waals surface area contributed by atoms with E-state index in [2.05, 4.69) is 15.5 Å². The maximum atomic E-state index is 12.3. The van der Waals surface area contributed by atoms with Crippen LogP contribution in [0.3, 0.4) is 0 Å². The molecule has 0 bridgehead atoms. The summed E-state index contributed by atoms with van der Waals surface area (Å²) in [5.74, 6) is -1.10. The van der Waals surface area contributed by atoms with Gasteiger partial charge in [0.25, 0.3) is 5.91 Å². The molecule has 2 rings (SSSR count). The maximum Gasteiger partial charge on any atom is 0.315 e. The monoisotopic (exact) mass is 329 g/mol. The van der Waals surface area contributed by atoms with Crippen LogP contribution in [0.5, 0.6) is 0 Å². The molecule has 1 amide bonds. The highest BCUT2D eigenvalue weighted by Crippen LogP contribution is 2.28. The number of hydrogen-bond donors (Lipinski definition) is 3. The van der Waals surface area contributed by atoms with E-state index in [0.717, 1.165) is 5.69 Å². The molecule has 0 fully saturated rings. The summed E-state index contributed by atoms with van der Waals surface area (Å²) in [5.41, 5.74) is 0.643. The average molecular weight is 329 g/mol. The number of carbonyl (C=O) groups excluding carboxylic acids is 1. The number of carbonyl (C=O) groups is 2. The molecule has 0 aliphatic heterocycles. The number of carboxylic acids is 1. The summed E-state index contributed by atoms with van der Waals surface area (Å²) in [6.07, 6.45) is 0.366. The summed E-state index contributed by atoms with van der Waals surface area (Å²) in [4.78, 5) is 24.2. The first-order chi connectivity index (χ1) is 11.4. The Bertz CT molecular complexity index is 709. The lowest BCUT2D eigenvalue weighted by Gasteiger charge is -2.28. The Kier molecular flexibility index (Phi) is 5.39. The fourth-order valence-corrected chi connectivity index (χ4v) is 2.61. The van der Waals surface area contributed by atoms with Gasteiger partial charge in [0.15, 0.2) is 0 Å². The summed E-state index contributed by atoms with van der Waals surface area (Å²) in [7, 11) is 0. The number of nitrogens with zero attached hydrogens (tertiary/aromatic N) is 1. The predicted octanol–water partition coefficient (Wildman–Crippen LogP) is 2.70. The lowest BCUT2D eigenvalue weighted by Crippen LogP contribution is -2.46. The Morgan fingerprint density at radius 1 is 1.29 bits per heavy atom. The van der Waals surface area contributed by atoms with Crippen molar-refractivity contribution >= 4 is 11.9 Å². The molecule has 1 aromatic carbocycles. The predicted molar refractivity (Wildman–Crippen MR) is 91.1 cm³/mol. The van der Waals surface area contributed by atoms with Crippen LogP contribution in [0.15, 0.2) is 36.4 Å². The average Bonchev–Trinajstić information content (AvgIpc) is 3.07. The van der Waals surface area contributed by atoms with Gasteiger partial charge in [0.1, 0.15) is 11.1 Å². The zero-order valence-corrected chi connectivity index (χ0v) is 14.2. The van der Waals surface area contributed by atoms with E-state index in [9.17, 15) is 14.7 Å². The van der Waals surface area contributed by atoms with Crippen LogP contribution in [0, 0.1) is 0 Å². The molecule has 6 heteroatoms. The maximum absolute atomic E-state index is 12.3. The highest BCUT2D eigenvalue weighted by atomic mass is 16.4. The van der Waals surface area contributed by atoms with Gasteiger partial charge in [-0.25, -0.2) is 0 Å². The van der Waals surface area contributed by atoms with Crippen molar-refractivity contribution in [2.75, 3.05) is 6.54 Å². The van der Waals surface area contributed by atoms with Gasteiger partial charge >= 0.3 is 5.97 Å². The molecule has 6 nitrogen and oxygen atoms in total. The fraction of sp³-hybridized carbons (Fsp3) is 0.389. The molecule has 1 unspecified atom stereocenters. The molecule has 2 aromatic rings. The minimum Gasteiger partial charge on any atom is -0.481 e. The lowest BCUT2D eigenvalue weighted by molar-refractivity contribution is -0.143. The van der Waals surface area contributed by atoms with Crippen LogP contribution in [0.2, 0.25) is 0 Å². The topological polar surface area (TPSA) is 95.1 Å². The van der Waals surface area contributed by atoms with Crippen molar-refractivity contribution in [1.29, 1.82) is 0 Å². The van der Waals surface area contributed by atoms with E-state index in [1.807, 2.05) is 19.9 Å². The van der Waals surface area contributed by atoms with Gasteiger partial charge in [0.2, 0.25) is 0 Å². The first-order valence-corrected chi connectivity index (χ1v) is 8.03. The Morgan fingerprint density at radius 3 is 2.46 bits per heavy atom. The molecule has 0 radical (unpaired) electrons. The van der Waals surface area contributed by atoms with Crippen molar-refractivity contribution in [2.24, 2.45) is 0 Å². The molecule has 3 N–H and O–H groups in total. The van der Waals surface area contributed by atoms with Crippen LogP contribution < -0.4 is 5.32 Å². The summed E-state index contributed by atoms with van der Waals surface area (Å²) >= 11 is 0. The normalized spacial score (nSPS) is 13.5. The Balaban J connectivity index is 2.19. The number of nitrogens with one attached hydrogen (secondary N) is 2. The first-order valence-electron chi connectivity index (χ1n) is 8.03. The second-order valence-electron chi connectivity index (χ2n) is 6.15. The number of amides is 1. The SMILES string of the molecule is CCC(CNC(=O)c1cc(C(C)C)[nH]n1)(C(=O)O)c1ccccc1. The third-order valence-corrected chi connectivity index (χ3v) is 4.34. The highest BCUT2D eigenvalue weighted by molar-refractivity contribution is 5.93. The Morgan fingerprint density at radius 2 is 1.96 bits per heavy atom. The van der Waals surface area contributed by atoms with Gasteiger partial charge in [0, 0.05) is 12.2 Å². The van der Waals surface area contributed by atoms with Crippen molar-refractivity contribution in [3.63, 3.8) is 0 Å². The molecule has 0 aliphatic rings. The van der Waals surface area contributed by atoms with E-state index >= 15 is 0 Å². The van der Waals surface area contributed by atoms with E-state index in [4.69, 9.17) is 0 Å². The van der Waals surface area contributed by atoms with E-state index in [-0.39, 0.29) is 24.1 Å². The van der Waals surface area contributed by atoms with Crippen molar-refractivity contribution in [3.8, 4) is 0 Å². The number of aromatic amines is 1. The number of benzene rings is 1. The smallest absolute Gasteiger partial charge is 0.315 e. The number of rotatable bonds is 7. The molecular formula is C18H23N3O3. The fourth-order valence-electron chi connectivity index (χ4n) is 2.61. The van der Waals surface area contributed by atoms with E-state index in [0.29, 0.717) is 12.0 Å². The summed E-state index contributed by atoms with van der Waals surface area (Å²) in [6, 6.07) is 10.7. The second kappa shape index (κ2) is 7.29. The van der Waals surface area contributed by atoms with Crippen molar-refractivity contribution < 1.29 is 14.7 Å². The third-order valence-electron chi connectivity index (χ3n) is 4.34. The Hall–Kier alpha value is -2.63. The zero-order chi connectivity index (χ0) is 17.7. The van der Waals surface area contributed by atoms with E-state index in [1.54, 1.807) is 37.3 Å². The molecule has 1 atom stereocenters. The minimum absolute atomic E-state index is 0.00551. The third kappa shape index (κ3) is 3.48. The number of carboxylic acid groups (broad SMARTS) is 1. The molecule has 0 saturated carbocycles. The van der Waals surface area contributed by atoms with Crippen LogP contribution in [-0.2, 0) is 10.2 Å². The molecule has 0 spiro atoms. The quantitative estimate of drug-likeness (QED) is 0.728. The second-order valence-corrected chi connectivity index (χ2v) is 6.15. The van der Waals surface area contributed by atoms with Gasteiger partial charge in [-0.1, -0.05) is 51.1 Å². The zero-order valence-electron chi connectivity index (χ0n) is 14.2. The number of aromatic nitrogens is 2. The number of aliphatic carboxylic acids is 1. The van der Waals surface area contributed by atoms with Gasteiger partial charge in [0.05, 0.1) is 0 Å². The van der Waals surface area contributed by atoms with Crippen molar-refractivity contribution in [3.05, 3.63) is 53.3 Å². The summed E-state index contributed by atoms with van der Waals surface area (Å²) in [5, 5.41) is 19.3. The molecule has 128 valence electrons. The van der Waals surface area contributed by atoms with Crippen LogP contribution in [0.25, 0.3) is 0 Å². The molecule has 1 heterocycles. The minimum atomic E-state index is -1.16. The molecule has 24 heavy (non-hydrogen) atoms. The molecule has 1 aromatic heterocycles. The molecular weight excluding hydrogens is 306 g/mol. The van der Waals surface area contributed by atoms with Crippen LogP contribution in [0.1, 0.15) is 54.9 Å². The van der Waals surface area contributed by atoms with Gasteiger partial charge in [-0.05, 0) is 24.0 Å². The van der Waals surface area contributed by atoms with Crippen molar-refractivity contribution in [2.45, 2.75) is 38.5 Å². The van der Waals surface area contributed by atoms with Crippen molar-refractivity contribution in [1.82, 2.24) is 15.5 Å². The summed E-state index contributed by atoms with van der Waals surface area (Å²) < 4.78 is 0. The largest absolute Gasteiger partial charge is 0.481 e. The number of H-pyrrole nitrogens is 1. The van der Waals surface area contributed by atoms with Crippen LogP contribution in [0.4, 0.5) is 0 Å². The molecule has 0 aliphatic carbocycles. The summed E-state index contributed by atoms with van der Waals surface area (Å²) in [6.45, 7) is 5.80. The van der Waals surface area contributed by atoms with Gasteiger partial charge in [-0.15, -0.1) is 0 Å². The lowest BCUT2D eigenvalue weighted by atomic mass is 9.78. The Labute approximate surface area is 141 Å². The number of hydrogen-bond acceptors (Lipinski definition) is 3. The van der Waals surface area contributed by atoms with E-state index < -0.39 is 11.4 Å². The van der Waals surface area contributed by atoms with Gasteiger partial charge in [-0.3, -0.25) is 14.7 Å². The van der Waals surface area contributed by atoms with E-state index in [1.165, 1.54) is 0 Å². The first kappa shape index (κ1) is 17.7. The van der Waals surface area contributed by atoms with Gasteiger partial charge < -0.3 is 10.4 Å². The van der Waals surface area contributed by atoms with Crippen LogP contribution >= 0.6 is 0 Å². The highest BCUT2D eigenvalue weighted by Gasteiger charge is 2.39. The standard InChI is InChI=1S/C18H23N3O3/c1-4-18(17(23)24,13-8-6-5-7-9-13)11-19-16(22)15-10-14(12(2)3)20-21-15/h5-10,12H,4,11H2,1-3H3,(H,19,22)(H,20,21)(H,23,24). The van der Waals surface area contributed by atoms with Crippen LogP contribution in [-0.4, -0.2) is 33.7 Å². The van der Waals surface area contributed by atoms with Gasteiger partial charge in [-0.2, -0.15) is 5.10 Å². The molecule has 0 saturated heterocycles.